The molecule has 1 N–H and O–H groups in total. The molecule has 0 spiro atoms. The maximum Gasteiger partial charge on any atom is 0.338 e. The lowest BCUT2D eigenvalue weighted by Crippen LogP contribution is -2.39. The second kappa shape index (κ2) is 8.79. The lowest BCUT2D eigenvalue weighted by atomic mass is 10.2. The second-order valence-electron chi connectivity index (χ2n) is 5.80. The van der Waals surface area contributed by atoms with Crippen LogP contribution in [0.15, 0.2) is 24.3 Å². The number of carbonyl (C=O) groups is 2. The van der Waals surface area contributed by atoms with E-state index in [1.54, 1.807) is 19.1 Å². The molecule has 0 fully saturated rings. The minimum Gasteiger partial charge on any atom is -0.462 e. The van der Waals surface area contributed by atoms with Gasteiger partial charge in [-0.2, -0.15) is 4.31 Å². The molecule has 0 unspecified atom stereocenters. The van der Waals surface area contributed by atoms with Crippen LogP contribution < -0.4 is 5.32 Å². The van der Waals surface area contributed by atoms with Crippen LogP contribution in [-0.4, -0.2) is 50.6 Å². The van der Waals surface area contributed by atoms with E-state index in [2.05, 4.69) is 5.32 Å². The number of hydrogen-bond donors (Lipinski definition) is 1. The monoisotopic (exact) mass is 356 g/mol. The van der Waals surface area contributed by atoms with Crippen molar-refractivity contribution >= 4 is 27.6 Å². The first-order chi connectivity index (χ1) is 11.1. The van der Waals surface area contributed by atoms with Crippen molar-refractivity contribution in [1.29, 1.82) is 0 Å². The number of nitrogens with zero attached hydrogens (tertiary/aromatic N) is 1. The number of benzene rings is 1. The van der Waals surface area contributed by atoms with Gasteiger partial charge in [-0.1, -0.05) is 13.8 Å². The van der Waals surface area contributed by atoms with E-state index in [-0.39, 0.29) is 25.6 Å². The van der Waals surface area contributed by atoms with Crippen molar-refractivity contribution in [3.8, 4) is 0 Å². The highest BCUT2D eigenvalue weighted by Crippen LogP contribution is 2.11. The molecular formula is C16H24N2O5S. The van der Waals surface area contributed by atoms with Crippen molar-refractivity contribution in [2.75, 3.05) is 31.3 Å². The fourth-order valence-electron chi connectivity index (χ4n) is 1.99. The fraction of sp³-hybridized carbons (Fsp3) is 0.500. The SMILES string of the molecule is CCOC(=O)c1ccc(NC(=O)CN(CC(C)C)S(C)(=O)=O)cc1. The Kier molecular flexibility index (Phi) is 7.37. The maximum atomic E-state index is 12.1. The Hall–Kier alpha value is -1.93. The van der Waals surface area contributed by atoms with Crippen LogP contribution >= 0.6 is 0 Å². The number of esters is 1. The Morgan fingerprint density at radius 2 is 1.79 bits per heavy atom. The van der Waals surface area contributed by atoms with Gasteiger partial charge in [-0.25, -0.2) is 13.2 Å². The van der Waals surface area contributed by atoms with Gasteiger partial charge in [-0.15, -0.1) is 0 Å². The van der Waals surface area contributed by atoms with Crippen LogP contribution in [0.4, 0.5) is 5.69 Å². The van der Waals surface area contributed by atoms with Gasteiger partial charge in [0.1, 0.15) is 0 Å². The van der Waals surface area contributed by atoms with E-state index in [0.29, 0.717) is 11.3 Å². The van der Waals surface area contributed by atoms with E-state index in [0.717, 1.165) is 10.6 Å². The number of anilines is 1. The molecule has 1 aromatic rings. The van der Waals surface area contributed by atoms with Gasteiger partial charge in [0.2, 0.25) is 15.9 Å². The zero-order chi connectivity index (χ0) is 18.3. The predicted octanol–water partition coefficient (Wildman–Crippen LogP) is 1.72. The van der Waals surface area contributed by atoms with Crippen molar-refractivity contribution in [2.45, 2.75) is 20.8 Å². The summed E-state index contributed by atoms with van der Waals surface area (Å²) in [6.45, 7) is 5.78. The molecule has 0 bridgehead atoms. The summed E-state index contributed by atoms with van der Waals surface area (Å²) in [5.74, 6) is -0.767. The number of sulfonamides is 1. The van der Waals surface area contributed by atoms with Crippen LogP contribution in [0.3, 0.4) is 0 Å². The van der Waals surface area contributed by atoms with E-state index in [9.17, 15) is 18.0 Å². The number of amides is 1. The lowest BCUT2D eigenvalue weighted by molar-refractivity contribution is -0.116. The van der Waals surface area contributed by atoms with E-state index < -0.39 is 21.9 Å². The average Bonchev–Trinajstić information content (AvgIpc) is 2.46. The molecule has 0 aliphatic heterocycles. The molecule has 7 nitrogen and oxygen atoms in total. The molecular weight excluding hydrogens is 332 g/mol. The van der Waals surface area contributed by atoms with Gasteiger partial charge < -0.3 is 10.1 Å². The van der Waals surface area contributed by atoms with E-state index in [1.165, 1.54) is 12.1 Å². The minimum atomic E-state index is -3.46. The van der Waals surface area contributed by atoms with Crippen molar-refractivity contribution in [3.63, 3.8) is 0 Å². The van der Waals surface area contributed by atoms with Crippen molar-refractivity contribution in [3.05, 3.63) is 29.8 Å². The number of hydrogen-bond acceptors (Lipinski definition) is 5. The molecule has 1 aromatic carbocycles. The van der Waals surface area contributed by atoms with Gasteiger partial charge in [0.15, 0.2) is 0 Å². The minimum absolute atomic E-state index is 0.108. The summed E-state index contributed by atoms with van der Waals surface area (Å²) in [7, 11) is -3.46. The molecule has 0 radical (unpaired) electrons. The van der Waals surface area contributed by atoms with Crippen LogP contribution in [0.1, 0.15) is 31.1 Å². The first kappa shape index (κ1) is 20.1. The summed E-state index contributed by atoms with van der Waals surface area (Å²) in [6.07, 6.45) is 1.08. The van der Waals surface area contributed by atoms with Gasteiger partial charge in [0.05, 0.1) is 25.0 Å². The Morgan fingerprint density at radius 1 is 1.21 bits per heavy atom. The molecule has 0 saturated heterocycles. The van der Waals surface area contributed by atoms with Crippen molar-refractivity contribution < 1.29 is 22.7 Å². The molecule has 8 heteroatoms. The molecule has 0 saturated carbocycles. The Morgan fingerprint density at radius 3 is 2.25 bits per heavy atom. The van der Waals surface area contributed by atoms with Crippen molar-refractivity contribution in [2.24, 2.45) is 5.92 Å². The Labute approximate surface area is 143 Å². The molecule has 0 aliphatic rings. The average molecular weight is 356 g/mol. The number of rotatable bonds is 8. The summed E-state index contributed by atoms with van der Waals surface area (Å²) < 4.78 is 29.5. The zero-order valence-electron chi connectivity index (χ0n) is 14.4. The first-order valence-electron chi connectivity index (χ1n) is 7.65. The van der Waals surface area contributed by atoms with Crippen LogP contribution in [0.5, 0.6) is 0 Å². The van der Waals surface area contributed by atoms with Gasteiger partial charge in [0, 0.05) is 12.2 Å². The Balaban J connectivity index is 2.71. The molecule has 1 amide bonds. The first-order valence-corrected chi connectivity index (χ1v) is 9.50. The third-order valence-corrected chi connectivity index (χ3v) is 4.25. The summed E-state index contributed by atoms with van der Waals surface area (Å²) in [4.78, 5) is 23.6. The molecule has 24 heavy (non-hydrogen) atoms. The highest BCUT2D eigenvalue weighted by atomic mass is 32.2. The van der Waals surface area contributed by atoms with E-state index in [4.69, 9.17) is 4.74 Å². The normalized spacial score (nSPS) is 11.6. The summed E-state index contributed by atoms with van der Waals surface area (Å²) in [6, 6.07) is 6.21. The van der Waals surface area contributed by atoms with Crippen LogP contribution in [0.25, 0.3) is 0 Å². The van der Waals surface area contributed by atoms with E-state index in [1.807, 2.05) is 13.8 Å². The lowest BCUT2D eigenvalue weighted by Gasteiger charge is -2.21. The zero-order valence-corrected chi connectivity index (χ0v) is 15.2. The Bertz CT molecular complexity index is 668. The largest absolute Gasteiger partial charge is 0.462 e. The molecule has 0 aliphatic carbocycles. The quantitative estimate of drug-likeness (QED) is 0.716. The molecule has 0 heterocycles. The maximum absolute atomic E-state index is 12.1. The summed E-state index contributed by atoms with van der Waals surface area (Å²) in [5.41, 5.74) is 0.860. The van der Waals surface area contributed by atoms with Gasteiger partial charge in [0.25, 0.3) is 0 Å². The number of nitrogens with one attached hydrogen (secondary N) is 1. The molecule has 0 aromatic heterocycles. The highest BCUT2D eigenvalue weighted by molar-refractivity contribution is 7.88. The third-order valence-electron chi connectivity index (χ3n) is 3.04. The third kappa shape index (κ3) is 6.67. The van der Waals surface area contributed by atoms with Crippen LogP contribution in [-0.2, 0) is 19.6 Å². The molecule has 1 rings (SSSR count). The summed E-state index contributed by atoms with van der Waals surface area (Å²) in [5, 5.41) is 2.62. The number of carbonyl (C=O) groups excluding carboxylic acids is 2. The van der Waals surface area contributed by atoms with Crippen molar-refractivity contribution in [1.82, 2.24) is 4.31 Å². The second-order valence-corrected chi connectivity index (χ2v) is 7.78. The smallest absolute Gasteiger partial charge is 0.338 e. The predicted molar refractivity (Wildman–Crippen MR) is 92.3 cm³/mol. The van der Waals surface area contributed by atoms with Gasteiger partial charge in [-0.3, -0.25) is 4.79 Å². The highest BCUT2D eigenvalue weighted by Gasteiger charge is 2.21. The molecule has 0 atom stereocenters. The van der Waals surface area contributed by atoms with Crippen LogP contribution in [0, 0.1) is 5.92 Å². The summed E-state index contributed by atoms with van der Waals surface area (Å²) >= 11 is 0. The number of ether oxygens (including phenoxy) is 1. The molecule has 134 valence electrons. The van der Waals surface area contributed by atoms with Crippen LogP contribution in [0.2, 0.25) is 0 Å². The standard InChI is InChI=1S/C16H24N2O5S/c1-5-23-16(20)13-6-8-14(9-7-13)17-15(19)11-18(10-12(2)3)24(4,21)22/h6-9,12H,5,10-11H2,1-4H3,(H,17,19). The fourth-order valence-corrected chi connectivity index (χ4v) is 2.91. The van der Waals surface area contributed by atoms with Gasteiger partial charge >= 0.3 is 5.97 Å². The van der Waals surface area contributed by atoms with Gasteiger partial charge in [-0.05, 0) is 37.1 Å². The topological polar surface area (TPSA) is 92.8 Å². The van der Waals surface area contributed by atoms with E-state index >= 15 is 0 Å².